The maximum atomic E-state index is 10.4. The van der Waals surface area contributed by atoms with Crippen LogP contribution in [0.25, 0.3) is 0 Å². The Labute approximate surface area is 68.8 Å². The monoisotopic (exact) mass is 169 g/mol. The molecule has 0 bridgehead atoms. The van der Waals surface area contributed by atoms with E-state index in [0.29, 0.717) is 0 Å². The Morgan fingerprint density at radius 1 is 1.75 bits per heavy atom. The van der Waals surface area contributed by atoms with Crippen molar-refractivity contribution in [2.75, 3.05) is 0 Å². The van der Waals surface area contributed by atoms with Gasteiger partial charge >= 0.3 is 7.12 Å². The molecule has 0 aliphatic carbocycles. The average molecular weight is 169 g/mol. The fraction of sp³-hybridized carbons (Fsp3) is 0.200. The molecule has 7 heteroatoms. The molecule has 0 aromatic carbocycles. The lowest BCUT2D eigenvalue weighted by Crippen LogP contribution is -2.28. The largest absolute Gasteiger partial charge is 0.491 e. The van der Waals surface area contributed by atoms with Gasteiger partial charge in [0.05, 0.1) is 0 Å². The number of aromatic nitrogens is 2. The Morgan fingerprint density at radius 2 is 2.42 bits per heavy atom. The fourth-order valence-electron chi connectivity index (χ4n) is 0.759. The standard InChI is InChI=1S/C5H8BN3O3/c7-5(10)3-9-2-4(1-8-9)6(11)12/h1-2,11-12H,3H2,(H2,7,10). The molecular weight excluding hydrogens is 161 g/mol. The summed E-state index contributed by atoms with van der Waals surface area (Å²) in [7, 11) is -1.56. The highest BCUT2D eigenvalue weighted by molar-refractivity contribution is 6.58. The van der Waals surface area contributed by atoms with Crippen LogP contribution < -0.4 is 11.2 Å². The third kappa shape index (κ3) is 2.07. The van der Waals surface area contributed by atoms with Crippen molar-refractivity contribution in [3.63, 3.8) is 0 Å². The first kappa shape index (κ1) is 8.76. The summed E-state index contributed by atoms with van der Waals surface area (Å²) >= 11 is 0. The second kappa shape index (κ2) is 3.37. The molecule has 1 aromatic rings. The lowest BCUT2D eigenvalue weighted by Gasteiger charge is -1.94. The van der Waals surface area contributed by atoms with Gasteiger partial charge in [-0.05, 0) is 0 Å². The van der Waals surface area contributed by atoms with Gasteiger partial charge in [-0.3, -0.25) is 9.48 Å². The normalized spacial score (nSPS) is 9.83. The van der Waals surface area contributed by atoms with Gasteiger partial charge in [-0.25, -0.2) is 0 Å². The van der Waals surface area contributed by atoms with E-state index < -0.39 is 13.0 Å². The molecule has 64 valence electrons. The van der Waals surface area contributed by atoms with Crippen LogP contribution >= 0.6 is 0 Å². The molecule has 0 spiro atoms. The Balaban J connectivity index is 2.70. The van der Waals surface area contributed by atoms with Gasteiger partial charge in [0.1, 0.15) is 6.54 Å². The molecule has 0 unspecified atom stereocenters. The van der Waals surface area contributed by atoms with Gasteiger partial charge in [-0.1, -0.05) is 0 Å². The lowest BCUT2D eigenvalue weighted by atomic mass is 9.83. The Kier molecular flexibility index (Phi) is 2.46. The number of nitrogens with two attached hydrogens (primary N) is 1. The zero-order chi connectivity index (χ0) is 9.14. The van der Waals surface area contributed by atoms with Crippen molar-refractivity contribution in [2.45, 2.75) is 6.54 Å². The first-order chi connectivity index (χ1) is 5.59. The smallest absolute Gasteiger partial charge is 0.423 e. The minimum atomic E-state index is -1.56. The Hall–Kier alpha value is -1.34. The molecule has 1 amide bonds. The van der Waals surface area contributed by atoms with Crippen LogP contribution in [-0.4, -0.2) is 32.9 Å². The number of carbonyl (C=O) groups excluding carboxylic acids is 1. The Morgan fingerprint density at radius 3 is 2.83 bits per heavy atom. The molecule has 0 aliphatic rings. The molecule has 6 nitrogen and oxygen atoms in total. The maximum absolute atomic E-state index is 10.4. The summed E-state index contributed by atoms with van der Waals surface area (Å²) in [6.45, 7) is -0.0628. The van der Waals surface area contributed by atoms with Gasteiger partial charge < -0.3 is 15.8 Å². The number of carbonyl (C=O) groups is 1. The molecule has 0 saturated heterocycles. The quantitative estimate of drug-likeness (QED) is 0.421. The van der Waals surface area contributed by atoms with Crippen molar-refractivity contribution >= 4 is 18.5 Å². The molecule has 0 atom stereocenters. The lowest BCUT2D eigenvalue weighted by molar-refractivity contribution is -0.118. The van der Waals surface area contributed by atoms with E-state index in [4.69, 9.17) is 15.8 Å². The number of nitrogens with zero attached hydrogens (tertiary/aromatic N) is 2. The predicted octanol–water partition coefficient (Wildman–Crippen LogP) is -2.95. The first-order valence-electron chi connectivity index (χ1n) is 3.26. The van der Waals surface area contributed by atoms with Gasteiger partial charge in [0.15, 0.2) is 0 Å². The molecule has 1 rings (SSSR count). The number of primary amides is 1. The van der Waals surface area contributed by atoms with Crippen LogP contribution in [0.4, 0.5) is 0 Å². The van der Waals surface area contributed by atoms with Crippen LogP contribution in [0, 0.1) is 0 Å². The van der Waals surface area contributed by atoms with Crippen molar-refractivity contribution in [2.24, 2.45) is 5.73 Å². The summed E-state index contributed by atoms with van der Waals surface area (Å²) in [6.07, 6.45) is 2.60. The van der Waals surface area contributed by atoms with Gasteiger partial charge in [-0.2, -0.15) is 5.10 Å². The molecule has 0 fully saturated rings. The highest BCUT2D eigenvalue weighted by atomic mass is 16.4. The maximum Gasteiger partial charge on any atom is 0.491 e. The first-order valence-corrected chi connectivity index (χ1v) is 3.26. The third-order valence-corrected chi connectivity index (χ3v) is 1.27. The third-order valence-electron chi connectivity index (χ3n) is 1.27. The second-order valence-corrected chi connectivity index (χ2v) is 2.31. The van der Waals surface area contributed by atoms with E-state index in [1.165, 1.54) is 17.1 Å². The summed E-state index contributed by atoms with van der Waals surface area (Å²) in [5.41, 5.74) is 5.12. The summed E-state index contributed by atoms with van der Waals surface area (Å²) in [5.74, 6) is -0.530. The molecule has 0 saturated carbocycles. The van der Waals surface area contributed by atoms with Crippen LogP contribution in [0.3, 0.4) is 0 Å². The van der Waals surface area contributed by atoms with E-state index in [-0.39, 0.29) is 12.0 Å². The molecule has 0 radical (unpaired) electrons. The molecule has 12 heavy (non-hydrogen) atoms. The van der Waals surface area contributed by atoms with E-state index in [1.807, 2.05) is 0 Å². The van der Waals surface area contributed by atoms with E-state index in [0.717, 1.165) is 0 Å². The van der Waals surface area contributed by atoms with Crippen LogP contribution in [0.15, 0.2) is 12.4 Å². The van der Waals surface area contributed by atoms with E-state index in [9.17, 15) is 4.79 Å². The number of hydrogen-bond donors (Lipinski definition) is 3. The molecule has 4 N–H and O–H groups in total. The van der Waals surface area contributed by atoms with Crippen LogP contribution in [0.5, 0.6) is 0 Å². The molecule has 1 heterocycles. The molecular formula is C5H8BN3O3. The van der Waals surface area contributed by atoms with Crippen molar-refractivity contribution in [1.82, 2.24) is 9.78 Å². The predicted molar refractivity (Wildman–Crippen MR) is 41.2 cm³/mol. The zero-order valence-electron chi connectivity index (χ0n) is 6.21. The van der Waals surface area contributed by atoms with Crippen molar-refractivity contribution < 1.29 is 14.8 Å². The van der Waals surface area contributed by atoms with Gasteiger partial charge in [0, 0.05) is 17.9 Å². The molecule has 1 aromatic heterocycles. The minimum absolute atomic E-state index is 0.0628. The van der Waals surface area contributed by atoms with E-state index >= 15 is 0 Å². The van der Waals surface area contributed by atoms with E-state index in [1.54, 1.807) is 0 Å². The van der Waals surface area contributed by atoms with Crippen LogP contribution in [0.1, 0.15) is 0 Å². The van der Waals surface area contributed by atoms with Gasteiger partial charge in [-0.15, -0.1) is 0 Å². The number of rotatable bonds is 3. The average Bonchev–Trinajstić information content (AvgIpc) is 2.34. The number of amides is 1. The highest BCUT2D eigenvalue weighted by Gasteiger charge is 2.13. The van der Waals surface area contributed by atoms with Crippen molar-refractivity contribution in [1.29, 1.82) is 0 Å². The molecule has 0 aliphatic heterocycles. The second-order valence-electron chi connectivity index (χ2n) is 2.31. The van der Waals surface area contributed by atoms with Crippen LogP contribution in [0.2, 0.25) is 0 Å². The SMILES string of the molecule is NC(=O)Cn1cc(B(O)O)cn1. The fourth-order valence-corrected chi connectivity index (χ4v) is 0.759. The van der Waals surface area contributed by atoms with Crippen molar-refractivity contribution in [3.8, 4) is 0 Å². The Bertz CT molecular complexity index is 285. The summed E-state index contributed by atoms with van der Waals surface area (Å²) < 4.78 is 1.23. The topological polar surface area (TPSA) is 101 Å². The summed E-state index contributed by atoms with van der Waals surface area (Å²) in [4.78, 5) is 10.4. The summed E-state index contributed by atoms with van der Waals surface area (Å²) in [6, 6.07) is 0. The van der Waals surface area contributed by atoms with Crippen molar-refractivity contribution in [3.05, 3.63) is 12.4 Å². The van der Waals surface area contributed by atoms with Crippen LogP contribution in [-0.2, 0) is 11.3 Å². The number of hydrogen-bond acceptors (Lipinski definition) is 4. The van der Waals surface area contributed by atoms with E-state index in [2.05, 4.69) is 5.10 Å². The van der Waals surface area contributed by atoms with Gasteiger partial charge in [0.25, 0.3) is 0 Å². The zero-order valence-corrected chi connectivity index (χ0v) is 6.21. The summed E-state index contributed by atoms with van der Waals surface area (Å²) in [5, 5.41) is 21.0. The highest BCUT2D eigenvalue weighted by Crippen LogP contribution is 1.82. The minimum Gasteiger partial charge on any atom is -0.423 e. The van der Waals surface area contributed by atoms with Gasteiger partial charge in [0.2, 0.25) is 5.91 Å².